The van der Waals surface area contributed by atoms with Crippen molar-refractivity contribution in [3.8, 4) is 0 Å². The van der Waals surface area contributed by atoms with Crippen LogP contribution < -0.4 is 10.5 Å². The van der Waals surface area contributed by atoms with Gasteiger partial charge in [-0.25, -0.2) is 13.1 Å². The molecule has 1 aromatic rings. The van der Waals surface area contributed by atoms with Gasteiger partial charge in [0.25, 0.3) is 0 Å². The van der Waals surface area contributed by atoms with Crippen molar-refractivity contribution in [2.45, 2.75) is 45.1 Å². The van der Waals surface area contributed by atoms with Gasteiger partial charge in [0.1, 0.15) is 0 Å². The van der Waals surface area contributed by atoms with Crippen LogP contribution in [0.3, 0.4) is 0 Å². The topological polar surface area (TPSA) is 81.4 Å². The summed E-state index contributed by atoms with van der Waals surface area (Å²) >= 11 is 0. The van der Waals surface area contributed by atoms with Crippen LogP contribution in [-0.2, 0) is 21.3 Å². The van der Waals surface area contributed by atoms with E-state index in [0.29, 0.717) is 37.6 Å². The second-order valence-electron chi connectivity index (χ2n) is 5.11. The molecule has 0 amide bonds. The van der Waals surface area contributed by atoms with Gasteiger partial charge in [0.15, 0.2) is 0 Å². The SMILES string of the molecule is CCCOCCCNS(=O)(=O)c1cc(CN)c(C)cc1C. The third-order valence-electron chi connectivity index (χ3n) is 3.25. The number of rotatable bonds is 9. The van der Waals surface area contributed by atoms with Crippen molar-refractivity contribution in [3.05, 3.63) is 28.8 Å². The first-order chi connectivity index (χ1) is 9.92. The number of nitrogens with one attached hydrogen (secondary N) is 1. The molecule has 0 saturated heterocycles. The average molecular weight is 314 g/mol. The van der Waals surface area contributed by atoms with Crippen molar-refractivity contribution < 1.29 is 13.2 Å². The lowest BCUT2D eigenvalue weighted by atomic mass is 10.1. The minimum Gasteiger partial charge on any atom is -0.381 e. The Morgan fingerprint density at radius 2 is 1.90 bits per heavy atom. The van der Waals surface area contributed by atoms with E-state index in [1.165, 1.54) is 0 Å². The molecule has 6 heteroatoms. The molecule has 120 valence electrons. The minimum atomic E-state index is -3.49. The first kappa shape index (κ1) is 18.1. The van der Waals surface area contributed by atoms with Gasteiger partial charge in [-0.15, -0.1) is 0 Å². The predicted octanol–water partition coefficient (Wildman–Crippen LogP) is 1.86. The summed E-state index contributed by atoms with van der Waals surface area (Å²) in [7, 11) is -3.49. The highest BCUT2D eigenvalue weighted by atomic mass is 32.2. The first-order valence-electron chi connectivity index (χ1n) is 7.30. The van der Waals surface area contributed by atoms with Crippen LogP contribution in [0.1, 0.15) is 36.5 Å². The molecule has 0 aliphatic rings. The Bertz CT molecular complexity index is 556. The van der Waals surface area contributed by atoms with Gasteiger partial charge < -0.3 is 10.5 Å². The Morgan fingerprint density at radius 1 is 1.19 bits per heavy atom. The van der Waals surface area contributed by atoms with Crippen molar-refractivity contribution >= 4 is 10.0 Å². The molecule has 0 aliphatic heterocycles. The number of aryl methyl sites for hydroxylation is 2. The molecule has 1 rings (SSSR count). The summed E-state index contributed by atoms with van der Waals surface area (Å²) in [6.07, 6.45) is 1.63. The van der Waals surface area contributed by atoms with Gasteiger partial charge in [-0.05, 0) is 49.4 Å². The molecule has 5 nitrogen and oxygen atoms in total. The van der Waals surface area contributed by atoms with E-state index in [1.54, 1.807) is 13.0 Å². The zero-order valence-electron chi connectivity index (χ0n) is 13.1. The second-order valence-corrected chi connectivity index (χ2v) is 6.85. The summed E-state index contributed by atoms with van der Waals surface area (Å²) in [6.45, 7) is 7.76. The summed E-state index contributed by atoms with van der Waals surface area (Å²) in [6, 6.07) is 3.53. The molecule has 0 aliphatic carbocycles. The molecule has 21 heavy (non-hydrogen) atoms. The zero-order chi connectivity index (χ0) is 15.9. The molecule has 0 unspecified atom stereocenters. The van der Waals surface area contributed by atoms with Crippen molar-refractivity contribution in [1.82, 2.24) is 4.72 Å². The van der Waals surface area contributed by atoms with Crippen molar-refractivity contribution in [3.63, 3.8) is 0 Å². The van der Waals surface area contributed by atoms with E-state index in [1.807, 2.05) is 19.9 Å². The molecular formula is C15H26N2O3S. The Morgan fingerprint density at radius 3 is 2.52 bits per heavy atom. The van der Waals surface area contributed by atoms with Gasteiger partial charge in [-0.1, -0.05) is 13.0 Å². The third kappa shape index (κ3) is 5.39. The number of hydrogen-bond acceptors (Lipinski definition) is 4. The first-order valence-corrected chi connectivity index (χ1v) is 8.78. The summed E-state index contributed by atoms with van der Waals surface area (Å²) < 4.78 is 32.6. The number of benzene rings is 1. The number of sulfonamides is 1. The number of nitrogens with two attached hydrogens (primary N) is 1. The van der Waals surface area contributed by atoms with Crippen LogP contribution in [0.15, 0.2) is 17.0 Å². The Kier molecular flexibility index (Phi) is 7.31. The molecule has 0 spiro atoms. The predicted molar refractivity (Wildman–Crippen MR) is 84.7 cm³/mol. The highest BCUT2D eigenvalue weighted by Crippen LogP contribution is 2.20. The third-order valence-corrected chi connectivity index (χ3v) is 4.85. The van der Waals surface area contributed by atoms with Crippen molar-refractivity contribution in [2.24, 2.45) is 5.73 Å². The van der Waals surface area contributed by atoms with Crippen LogP contribution in [0.25, 0.3) is 0 Å². The maximum Gasteiger partial charge on any atom is 0.240 e. The van der Waals surface area contributed by atoms with E-state index in [2.05, 4.69) is 4.72 Å². The van der Waals surface area contributed by atoms with E-state index in [0.717, 1.165) is 23.1 Å². The van der Waals surface area contributed by atoms with Gasteiger partial charge in [0.2, 0.25) is 10.0 Å². The van der Waals surface area contributed by atoms with Gasteiger partial charge in [-0.2, -0.15) is 0 Å². The average Bonchev–Trinajstić information content (AvgIpc) is 2.42. The molecule has 0 bridgehead atoms. The van der Waals surface area contributed by atoms with Gasteiger partial charge >= 0.3 is 0 Å². The summed E-state index contributed by atoms with van der Waals surface area (Å²) in [5.74, 6) is 0. The van der Waals surface area contributed by atoms with E-state index in [4.69, 9.17) is 10.5 Å². The fourth-order valence-corrected chi connectivity index (χ4v) is 3.44. The van der Waals surface area contributed by atoms with Crippen LogP contribution in [0.5, 0.6) is 0 Å². The monoisotopic (exact) mass is 314 g/mol. The van der Waals surface area contributed by atoms with Crippen LogP contribution >= 0.6 is 0 Å². The molecule has 0 heterocycles. The van der Waals surface area contributed by atoms with E-state index in [-0.39, 0.29) is 0 Å². The molecule has 0 radical (unpaired) electrons. The Balaban J connectivity index is 2.70. The summed E-state index contributed by atoms with van der Waals surface area (Å²) in [5.41, 5.74) is 8.25. The van der Waals surface area contributed by atoms with E-state index >= 15 is 0 Å². The lowest BCUT2D eigenvalue weighted by Gasteiger charge is -2.13. The molecule has 0 aromatic heterocycles. The maximum atomic E-state index is 12.3. The molecule has 0 fully saturated rings. The maximum absolute atomic E-state index is 12.3. The van der Waals surface area contributed by atoms with E-state index < -0.39 is 10.0 Å². The lowest BCUT2D eigenvalue weighted by molar-refractivity contribution is 0.133. The quantitative estimate of drug-likeness (QED) is 0.682. The molecule has 1 aromatic carbocycles. The fraction of sp³-hybridized carbons (Fsp3) is 0.600. The minimum absolute atomic E-state index is 0.308. The summed E-state index contributed by atoms with van der Waals surface area (Å²) in [5, 5.41) is 0. The second kappa shape index (κ2) is 8.48. The Labute approximate surface area is 127 Å². The van der Waals surface area contributed by atoms with Gasteiger partial charge in [0, 0.05) is 26.3 Å². The van der Waals surface area contributed by atoms with Crippen LogP contribution in [-0.4, -0.2) is 28.2 Å². The molecular weight excluding hydrogens is 288 g/mol. The normalized spacial score (nSPS) is 11.8. The van der Waals surface area contributed by atoms with Crippen molar-refractivity contribution in [1.29, 1.82) is 0 Å². The van der Waals surface area contributed by atoms with Crippen LogP contribution in [0.4, 0.5) is 0 Å². The molecule has 3 N–H and O–H groups in total. The van der Waals surface area contributed by atoms with Crippen molar-refractivity contribution in [2.75, 3.05) is 19.8 Å². The smallest absolute Gasteiger partial charge is 0.240 e. The molecule has 0 atom stereocenters. The van der Waals surface area contributed by atoms with E-state index in [9.17, 15) is 8.42 Å². The van der Waals surface area contributed by atoms with Gasteiger partial charge in [-0.3, -0.25) is 0 Å². The number of hydrogen-bond donors (Lipinski definition) is 2. The fourth-order valence-electron chi connectivity index (χ4n) is 2.09. The largest absolute Gasteiger partial charge is 0.381 e. The van der Waals surface area contributed by atoms with Gasteiger partial charge in [0.05, 0.1) is 4.90 Å². The molecule has 0 saturated carbocycles. The Hall–Kier alpha value is -0.950. The highest BCUT2D eigenvalue weighted by Gasteiger charge is 2.17. The standard InChI is InChI=1S/C15H26N2O3S/c1-4-7-20-8-5-6-17-21(18,19)15-10-14(11-16)12(2)9-13(15)3/h9-10,17H,4-8,11,16H2,1-3H3. The number of ether oxygens (including phenoxy) is 1. The van der Waals surface area contributed by atoms with Crippen LogP contribution in [0, 0.1) is 13.8 Å². The van der Waals surface area contributed by atoms with Crippen LogP contribution in [0.2, 0.25) is 0 Å². The zero-order valence-corrected chi connectivity index (χ0v) is 13.9. The summed E-state index contributed by atoms with van der Waals surface area (Å²) in [4.78, 5) is 0.308. The lowest BCUT2D eigenvalue weighted by Crippen LogP contribution is -2.26. The highest BCUT2D eigenvalue weighted by molar-refractivity contribution is 7.89.